The number of H-pyrrole nitrogens is 1. The highest BCUT2D eigenvalue weighted by Crippen LogP contribution is 2.10. The topological polar surface area (TPSA) is 53.1 Å². The summed E-state index contributed by atoms with van der Waals surface area (Å²) >= 11 is 0. The standard InChI is InChI=1S/C17H24FNO2/c1-2-3-4-5-6-7-8-9-10-11-12-14-13-15(18)16(19-14)17(20)21/h13,19H,2-10H2,1H3,(H,20,21). The van der Waals surface area contributed by atoms with Crippen molar-refractivity contribution in [1.82, 2.24) is 4.98 Å². The number of hydrogen-bond acceptors (Lipinski definition) is 1. The average Bonchev–Trinajstić information content (AvgIpc) is 2.82. The number of nitrogens with one attached hydrogen (secondary N) is 1. The Hall–Kier alpha value is -1.76. The van der Waals surface area contributed by atoms with Crippen molar-refractivity contribution in [2.24, 2.45) is 0 Å². The van der Waals surface area contributed by atoms with Gasteiger partial charge in [-0.2, -0.15) is 0 Å². The number of carboxylic acid groups (broad SMARTS) is 1. The van der Waals surface area contributed by atoms with Crippen LogP contribution in [0.2, 0.25) is 0 Å². The molecule has 4 heteroatoms. The molecule has 1 aromatic rings. The van der Waals surface area contributed by atoms with Gasteiger partial charge >= 0.3 is 5.97 Å². The predicted octanol–water partition coefficient (Wildman–Crippen LogP) is 4.73. The Morgan fingerprint density at radius 1 is 1.19 bits per heavy atom. The average molecular weight is 293 g/mol. The Balaban J connectivity index is 2.16. The lowest BCUT2D eigenvalue weighted by molar-refractivity contribution is 0.0686. The molecule has 0 aliphatic rings. The first-order chi connectivity index (χ1) is 10.1. The van der Waals surface area contributed by atoms with Crippen molar-refractivity contribution in [1.29, 1.82) is 0 Å². The van der Waals surface area contributed by atoms with E-state index in [0.717, 1.165) is 18.9 Å². The maximum atomic E-state index is 13.2. The van der Waals surface area contributed by atoms with E-state index in [1.54, 1.807) is 0 Å². The van der Waals surface area contributed by atoms with Gasteiger partial charge in [-0.25, -0.2) is 9.18 Å². The highest BCUT2D eigenvalue weighted by Gasteiger charge is 2.12. The summed E-state index contributed by atoms with van der Waals surface area (Å²) in [6.07, 6.45) is 10.8. The normalized spacial score (nSPS) is 10.2. The molecule has 21 heavy (non-hydrogen) atoms. The van der Waals surface area contributed by atoms with Gasteiger partial charge in [-0.1, -0.05) is 57.8 Å². The van der Waals surface area contributed by atoms with E-state index in [0.29, 0.717) is 5.69 Å². The molecule has 0 radical (unpaired) electrons. The molecule has 3 nitrogen and oxygen atoms in total. The molecular weight excluding hydrogens is 269 g/mol. The molecular formula is C17H24FNO2. The maximum absolute atomic E-state index is 13.2. The monoisotopic (exact) mass is 293 g/mol. The van der Waals surface area contributed by atoms with Gasteiger partial charge in [-0.3, -0.25) is 0 Å². The fourth-order valence-corrected chi connectivity index (χ4v) is 2.16. The quantitative estimate of drug-likeness (QED) is 0.510. The van der Waals surface area contributed by atoms with Gasteiger partial charge in [-0.15, -0.1) is 0 Å². The molecule has 0 unspecified atom stereocenters. The summed E-state index contributed by atoms with van der Waals surface area (Å²) in [7, 11) is 0. The fourth-order valence-electron chi connectivity index (χ4n) is 2.16. The Labute approximate surface area is 126 Å². The van der Waals surface area contributed by atoms with E-state index in [1.807, 2.05) is 0 Å². The summed E-state index contributed by atoms with van der Waals surface area (Å²) in [5, 5.41) is 8.71. The van der Waals surface area contributed by atoms with Crippen LogP contribution in [0.1, 0.15) is 80.9 Å². The number of hydrogen-bond donors (Lipinski definition) is 2. The lowest BCUT2D eigenvalue weighted by atomic mass is 10.1. The van der Waals surface area contributed by atoms with E-state index >= 15 is 0 Å². The van der Waals surface area contributed by atoms with Crippen LogP contribution >= 0.6 is 0 Å². The molecule has 0 amide bonds. The van der Waals surface area contributed by atoms with Crippen LogP contribution in [0.5, 0.6) is 0 Å². The van der Waals surface area contributed by atoms with Crippen molar-refractivity contribution in [2.75, 3.05) is 0 Å². The van der Waals surface area contributed by atoms with Crippen molar-refractivity contribution in [3.63, 3.8) is 0 Å². The zero-order chi connectivity index (χ0) is 15.5. The van der Waals surface area contributed by atoms with E-state index in [1.165, 1.54) is 44.9 Å². The van der Waals surface area contributed by atoms with Crippen LogP contribution in [0.25, 0.3) is 0 Å². The predicted molar refractivity (Wildman–Crippen MR) is 81.8 cm³/mol. The third-order valence-electron chi connectivity index (χ3n) is 3.36. The fraction of sp³-hybridized carbons (Fsp3) is 0.588. The number of unbranched alkanes of at least 4 members (excludes halogenated alkanes) is 8. The zero-order valence-corrected chi connectivity index (χ0v) is 12.7. The second-order valence-corrected chi connectivity index (χ2v) is 5.24. The molecule has 0 atom stereocenters. The van der Waals surface area contributed by atoms with Crippen LogP contribution in [-0.4, -0.2) is 16.1 Å². The molecule has 0 saturated carbocycles. The summed E-state index contributed by atoms with van der Waals surface area (Å²) in [6, 6.07) is 1.13. The minimum absolute atomic E-state index is 0.324. The van der Waals surface area contributed by atoms with Crippen LogP contribution in [0.15, 0.2) is 6.07 Å². The lowest BCUT2D eigenvalue weighted by Crippen LogP contribution is -1.98. The first-order valence-corrected chi connectivity index (χ1v) is 7.75. The van der Waals surface area contributed by atoms with Crippen LogP contribution in [0.4, 0.5) is 4.39 Å². The summed E-state index contributed by atoms with van der Waals surface area (Å²) in [4.78, 5) is 13.1. The Bertz CT molecular complexity index is 497. The summed E-state index contributed by atoms with van der Waals surface area (Å²) in [6.45, 7) is 2.22. The van der Waals surface area contributed by atoms with Gasteiger partial charge in [-0.05, 0) is 12.3 Å². The maximum Gasteiger partial charge on any atom is 0.355 e. The van der Waals surface area contributed by atoms with Crippen molar-refractivity contribution in [2.45, 2.75) is 64.7 Å². The van der Waals surface area contributed by atoms with Gasteiger partial charge in [0.15, 0.2) is 11.5 Å². The van der Waals surface area contributed by atoms with E-state index < -0.39 is 17.5 Å². The molecule has 0 fully saturated rings. The minimum atomic E-state index is -1.30. The molecule has 1 rings (SSSR count). The number of halogens is 1. The molecule has 0 bridgehead atoms. The Morgan fingerprint density at radius 2 is 1.81 bits per heavy atom. The van der Waals surface area contributed by atoms with Crippen molar-refractivity contribution in [3.8, 4) is 11.8 Å². The summed E-state index contributed by atoms with van der Waals surface area (Å²) < 4.78 is 13.2. The highest BCUT2D eigenvalue weighted by molar-refractivity contribution is 5.86. The second-order valence-electron chi connectivity index (χ2n) is 5.24. The van der Waals surface area contributed by atoms with Gasteiger partial charge in [0.25, 0.3) is 0 Å². The van der Waals surface area contributed by atoms with Gasteiger partial charge in [0, 0.05) is 12.5 Å². The van der Waals surface area contributed by atoms with Gasteiger partial charge in [0.05, 0.1) is 5.69 Å². The number of rotatable bonds is 9. The summed E-state index contributed by atoms with van der Waals surface area (Å²) in [5.74, 6) is 3.66. The van der Waals surface area contributed by atoms with Crippen molar-refractivity contribution < 1.29 is 14.3 Å². The SMILES string of the molecule is CCCCCCCCCCC#Cc1cc(F)c(C(=O)O)[nH]1. The smallest absolute Gasteiger partial charge is 0.355 e. The van der Waals surface area contributed by atoms with Crippen molar-refractivity contribution >= 4 is 5.97 Å². The number of carbonyl (C=O) groups is 1. The van der Waals surface area contributed by atoms with Gasteiger partial charge < -0.3 is 10.1 Å². The molecule has 1 heterocycles. The lowest BCUT2D eigenvalue weighted by Gasteiger charge is -1.99. The number of aromatic nitrogens is 1. The van der Waals surface area contributed by atoms with E-state index in [9.17, 15) is 9.18 Å². The zero-order valence-electron chi connectivity index (χ0n) is 12.7. The molecule has 0 aliphatic heterocycles. The van der Waals surface area contributed by atoms with E-state index in [-0.39, 0.29) is 0 Å². The van der Waals surface area contributed by atoms with E-state index in [2.05, 4.69) is 23.7 Å². The Morgan fingerprint density at radius 3 is 2.38 bits per heavy atom. The van der Waals surface area contributed by atoms with Crippen LogP contribution in [0, 0.1) is 17.7 Å². The third kappa shape index (κ3) is 6.99. The molecule has 116 valence electrons. The minimum Gasteiger partial charge on any atom is -0.476 e. The largest absolute Gasteiger partial charge is 0.476 e. The second kappa shape index (κ2) is 10.0. The third-order valence-corrected chi connectivity index (χ3v) is 3.36. The van der Waals surface area contributed by atoms with Crippen LogP contribution in [0.3, 0.4) is 0 Å². The first kappa shape index (κ1) is 17.3. The number of aromatic carboxylic acids is 1. The summed E-state index contributed by atoms with van der Waals surface area (Å²) in [5.41, 5.74) is -0.101. The Kier molecular flexibility index (Phi) is 8.27. The van der Waals surface area contributed by atoms with Gasteiger partial charge in [0.1, 0.15) is 0 Å². The molecule has 1 aromatic heterocycles. The highest BCUT2D eigenvalue weighted by atomic mass is 19.1. The van der Waals surface area contributed by atoms with Crippen molar-refractivity contribution in [3.05, 3.63) is 23.3 Å². The first-order valence-electron chi connectivity index (χ1n) is 7.75. The molecule has 0 aliphatic carbocycles. The number of aromatic amines is 1. The van der Waals surface area contributed by atoms with Crippen LogP contribution in [-0.2, 0) is 0 Å². The molecule has 0 saturated heterocycles. The molecule has 0 spiro atoms. The van der Waals surface area contributed by atoms with E-state index in [4.69, 9.17) is 5.11 Å². The van der Waals surface area contributed by atoms with Gasteiger partial charge in [0.2, 0.25) is 0 Å². The molecule has 0 aromatic carbocycles. The van der Waals surface area contributed by atoms with Crippen LogP contribution < -0.4 is 0 Å². The molecule has 2 N–H and O–H groups in total. The number of carboxylic acids is 1.